The zero-order valence-corrected chi connectivity index (χ0v) is 16.8. The van der Waals surface area contributed by atoms with E-state index in [9.17, 15) is 13.2 Å². The molecular weight excluding hydrogens is 381 g/mol. The third kappa shape index (κ3) is 8.03. The van der Waals surface area contributed by atoms with Crippen molar-refractivity contribution in [2.45, 2.75) is 45.9 Å². The van der Waals surface area contributed by atoms with E-state index in [1.807, 2.05) is 18.2 Å². The fourth-order valence-electron chi connectivity index (χ4n) is 2.55. The number of alkyl halides is 3. The normalized spacial score (nSPS) is 12.5. The maximum atomic E-state index is 12.2. The molecule has 3 N–H and O–H groups in total. The van der Waals surface area contributed by atoms with Gasteiger partial charge in [-0.05, 0) is 49.7 Å². The van der Waals surface area contributed by atoms with Crippen molar-refractivity contribution < 1.29 is 17.9 Å². The third-order valence-electron chi connectivity index (χ3n) is 4.47. The summed E-state index contributed by atoms with van der Waals surface area (Å²) in [6.07, 6.45) is -4.70. The zero-order chi connectivity index (χ0) is 21.4. The van der Waals surface area contributed by atoms with E-state index in [1.54, 1.807) is 0 Å². The maximum Gasteiger partial charge on any atom is 0.573 e. The standard InChI is InChI=1S/C21H27F3N4O/c1-15(2)28(3)14-18-7-5-4-6-17(18)13-27-20(25)26-12-16-8-10-19(11-9-16)29-21(22,23)24/h4-11,15H,12-14H2,1-3H3,(H3,25,26,27). The molecule has 158 valence electrons. The summed E-state index contributed by atoms with van der Waals surface area (Å²) in [6.45, 7) is 5.91. The number of rotatable bonds is 8. The van der Waals surface area contributed by atoms with Crippen LogP contribution in [0, 0.1) is 0 Å². The molecule has 0 saturated heterocycles. The molecule has 8 heteroatoms. The number of nitrogens with zero attached hydrogens (tertiary/aromatic N) is 2. The number of hydrogen-bond acceptors (Lipinski definition) is 3. The van der Waals surface area contributed by atoms with Crippen LogP contribution in [0.15, 0.2) is 53.5 Å². The van der Waals surface area contributed by atoms with Gasteiger partial charge in [-0.15, -0.1) is 13.2 Å². The Balaban J connectivity index is 1.91. The van der Waals surface area contributed by atoms with Gasteiger partial charge in [-0.1, -0.05) is 36.4 Å². The van der Waals surface area contributed by atoms with Crippen LogP contribution in [0.2, 0.25) is 0 Å². The molecule has 0 fully saturated rings. The van der Waals surface area contributed by atoms with Gasteiger partial charge in [0.15, 0.2) is 5.96 Å². The van der Waals surface area contributed by atoms with Crippen molar-refractivity contribution in [1.29, 1.82) is 0 Å². The molecule has 0 bridgehead atoms. The number of benzene rings is 2. The SMILES string of the molecule is CC(C)N(C)Cc1ccccc1CNC(N)=NCc1ccc(OC(F)(F)F)cc1. The maximum absolute atomic E-state index is 12.2. The van der Waals surface area contributed by atoms with Gasteiger partial charge in [0.25, 0.3) is 0 Å². The van der Waals surface area contributed by atoms with Gasteiger partial charge >= 0.3 is 6.36 Å². The van der Waals surface area contributed by atoms with Crippen molar-refractivity contribution >= 4 is 5.96 Å². The number of nitrogens with two attached hydrogens (primary N) is 1. The van der Waals surface area contributed by atoms with Crippen LogP contribution >= 0.6 is 0 Å². The van der Waals surface area contributed by atoms with Crippen molar-refractivity contribution in [3.63, 3.8) is 0 Å². The fraction of sp³-hybridized carbons (Fsp3) is 0.381. The number of ether oxygens (including phenoxy) is 1. The minimum Gasteiger partial charge on any atom is -0.406 e. The molecule has 0 radical (unpaired) electrons. The van der Waals surface area contributed by atoms with Gasteiger partial charge in [0, 0.05) is 19.1 Å². The molecule has 0 amide bonds. The quantitative estimate of drug-likeness (QED) is 0.511. The topological polar surface area (TPSA) is 62.9 Å². The second-order valence-electron chi connectivity index (χ2n) is 7.02. The van der Waals surface area contributed by atoms with Crippen molar-refractivity contribution in [3.8, 4) is 5.75 Å². The van der Waals surface area contributed by atoms with Crippen LogP contribution in [0.5, 0.6) is 5.75 Å². The van der Waals surface area contributed by atoms with Crippen molar-refractivity contribution in [1.82, 2.24) is 10.2 Å². The Morgan fingerprint density at radius 1 is 1.10 bits per heavy atom. The molecule has 0 spiro atoms. The summed E-state index contributed by atoms with van der Waals surface area (Å²) in [4.78, 5) is 6.49. The smallest absolute Gasteiger partial charge is 0.406 e. The number of nitrogens with one attached hydrogen (secondary N) is 1. The summed E-state index contributed by atoms with van der Waals surface area (Å²) >= 11 is 0. The zero-order valence-electron chi connectivity index (χ0n) is 16.8. The first kappa shape index (κ1) is 22.5. The summed E-state index contributed by atoms with van der Waals surface area (Å²) in [5.74, 6) is 0.00642. The van der Waals surface area contributed by atoms with Crippen LogP contribution < -0.4 is 15.8 Å². The van der Waals surface area contributed by atoms with E-state index in [2.05, 4.69) is 46.9 Å². The lowest BCUT2D eigenvalue weighted by Gasteiger charge is -2.22. The highest BCUT2D eigenvalue weighted by molar-refractivity contribution is 5.77. The van der Waals surface area contributed by atoms with Gasteiger partial charge in [0.05, 0.1) is 6.54 Å². The lowest BCUT2D eigenvalue weighted by Crippen LogP contribution is -2.32. The predicted octanol–water partition coefficient (Wildman–Crippen LogP) is 4.03. The van der Waals surface area contributed by atoms with E-state index in [1.165, 1.54) is 29.8 Å². The molecule has 2 rings (SSSR count). The average Bonchev–Trinajstić information content (AvgIpc) is 2.65. The van der Waals surface area contributed by atoms with E-state index in [0.29, 0.717) is 12.6 Å². The number of hydrogen-bond donors (Lipinski definition) is 2. The summed E-state index contributed by atoms with van der Waals surface area (Å²) < 4.78 is 40.4. The van der Waals surface area contributed by atoms with Gasteiger partial charge in [-0.2, -0.15) is 0 Å². The number of aliphatic imine (C=N–C) groups is 1. The fourth-order valence-corrected chi connectivity index (χ4v) is 2.55. The minimum absolute atomic E-state index is 0.253. The highest BCUT2D eigenvalue weighted by Gasteiger charge is 2.30. The average molecular weight is 408 g/mol. The van der Waals surface area contributed by atoms with Crippen molar-refractivity contribution in [3.05, 3.63) is 65.2 Å². The number of guanidine groups is 1. The van der Waals surface area contributed by atoms with Crippen LogP contribution in [-0.2, 0) is 19.6 Å². The minimum atomic E-state index is -4.70. The highest BCUT2D eigenvalue weighted by Crippen LogP contribution is 2.22. The van der Waals surface area contributed by atoms with Gasteiger partial charge in [0.1, 0.15) is 5.75 Å². The Morgan fingerprint density at radius 2 is 1.72 bits per heavy atom. The Bertz CT molecular complexity index is 804. The molecule has 0 aliphatic heterocycles. The molecule has 2 aromatic carbocycles. The first-order chi connectivity index (χ1) is 13.6. The summed E-state index contributed by atoms with van der Waals surface area (Å²) in [5, 5.41) is 3.09. The summed E-state index contributed by atoms with van der Waals surface area (Å²) in [6, 6.07) is 14.1. The molecule has 0 saturated carbocycles. The van der Waals surface area contributed by atoms with Gasteiger partial charge in [0.2, 0.25) is 0 Å². The number of halogens is 3. The van der Waals surface area contributed by atoms with Crippen LogP contribution in [0.4, 0.5) is 13.2 Å². The molecule has 0 atom stereocenters. The molecule has 0 aliphatic rings. The molecule has 0 heterocycles. The highest BCUT2D eigenvalue weighted by atomic mass is 19.4. The lowest BCUT2D eigenvalue weighted by molar-refractivity contribution is -0.274. The predicted molar refractivity (Wildman–Crippen MR) is 108 cm³/mol. The van der Waals surface area contributed by atoms with E-state index in [0.717, 1.165) is 17.7 Å². The second-order valence-corrected chi connectivity index (χ2v) is 7.02. The van der Waals surface area contributed by atoms with Crippen LogP contribution in [0.25, 0.3) is 0 Å². The lowest BCUT2D eigenvalue weighted by atomic mass is 10.1. The molecule has 0 aromatic heterocycles. The van der Waals surface area contributed by atoms with E-state index in [4.69, 9.17) is 5.73 Å². The van der Waals surface area contributed by atoms with Crippen LogP contribution in [0.1, 0.15) is 30.5 Å². The van der Waals surface area contributed by atoms with Gasteiger partial charge in [-0.3, -0.25) is 4.90 Å². The van der Waals surface area contributed by atoms with Crippen molar-refractivity contribution in [2.24, 2.45) is 10.7 Å². The Morgan fingerprint density at radius 3 is 2.31 bits per heavy atom. The Labute approximate surface area is 169 Å². The Kier molecular flexibility index (Phi) is 7.90. The molecule has 0 aliphatic carbocycles. The van der Waals surface area contributed by atoms with E-state index in [-0.39, 0.29) is 18.3 Å². The molecule has 29 heavy (non-hydrogen) atoms. The van der Waals surface area contributed by atoms with Crippen LogP contribution in [-0.4, -0.2) is 30.3 Å². The van der Waals surface area contributed by atoms with Gasteiger partial charge < -0.3 is 15.8 Å². The largest absolute Gasteiger partial charge is 0.573 e. The molecule has 5 nitrogen and oxygen atoms in total. The van der Waals surface area contributed by atoms with E-state index < -0.39 is 6.36 Å². The molecule has 2 aromatic rings. The second kappa shape index (κ2) is 10.2. The summed E-state index contributed by atoms with van der Waals surface area (Å²) in [7, 11) is 2.08. The van der Waals surface area contributed by atoms with Crippen LogP contribution in [0.3, 0.4) is 0 Å². The Hall–Kier alpha value is -2.74. The molecular formula is C21H27F3N4O. The van der Waals surface area contributed by atoms with Crippen molar-refractivity contribution in [2.75, 3.05) is 7.05 Å². The molecule has 0 unspecified atom stereocenters. The van der Waals surface area contributed by atoms with E-state index >= 15 is 0 Å². The monoisotopic (exact) mass is 408 g/mol. The summed E-state index contributed by atoms with van der Waals surface area (Å²) in [5.41, 5.74) is 9.01. The third-order valence-corrected chi connectivity index (χ3v) is 4.47. The first-order valence-electron chi connectivity index (χ1n) is 9.29. The van der Waals surface area contributed by atoms with Gasteiger partial charge in [-0.25, -0.2) is 4.99 Å². The first-order valence-corrected chi connectivity index (χ1v) is 9.29.